The van der Waals surface area contributed by atoms with E-state index in [1.165, 1.54) is 5.56 Å². The molecular weight excluding hydrogens is 364 g/mol. The summed E-state index contributed by atoms with van der Waals surface area (Å²) in [6.07, 6.45) is 1.55. The average molecular weight is 393 g/mol. The number of hydrogen-bond donors (Lipinski definition) is 2. The van der Waals surface area contributed by atoms with Crippen molar-refractivity contribution < 1.29 is 4.74 Å². The Kier molecular flexibility index (Phi) is 7.77. The standard InChI is InChI=1S/C22H28N6O/c1-3-23-22(25-14-21-26-17-27-28(21)2)24-13-18-9-11-20(12-10-18)16-29-15-19-7-5-4-6-8-19/h4-12,17H,3,13-16H2,1-2H3,(H2,23,24,25). The molecule has 2 aromatic carbocycles. The Morgan fingerprint density at radius 3 is 2.31 bits per heavy atom. The van der Waals surface area contributed by atoms with E-state index >= 15 is 0 Å². The summed E-state index contributed by atoms with van der Waals surface area (Å²) in [6.45, 7) is 5.22. The van der Waals surface area contributed by atoms with Crippen LogP contribution in [-0.4, -0.2) is 27.3 Å². The Morgan fingerprint density at radius 1 is 0.966 bits per heavy atom. The fraction of sp³-hybridized carbons (Fsp3) is 0.318. The normalized spacial score (nSPS) is 11.4. The number of guanidine groups is 1. The molecule has 2 N–H and O–H groups in total. The molecular formula is C22H28N6O. The third kappa shape index (κ3) is 6.73. The number of aliphatic imine (C=N–C) groups is 1. The van der Waals surface area contributed by atoms with E-state index in [-0.39, 0.29) is 0 Å². The second-order valence-corrected chi connectivity index (χ2v) is 6.64. The second-order valence-electron chi connectivity index (χ2n) is 6.64. The number of nitrogens with one attached hydrogen (secondary N) is 2. The van der Waals surface area contributed by atoms with Crippen LogP contribution in [0.15, 0.2) is 65.9 Å². The van der Waals surface area contributed by atoms with E-state index < -0.39 is 0 Å². The van der Waals surface area contributed by atoms with Gasteiger partial charge in [0.2, 0.25) is 0 Å². The number of ether oxygens (including phenoxy) is 1. The summed E-state index contributed by atoms with van der Waals surface area (Å²) < 4.78 is 7.54. The molecule has 0 amide bonds. The van der Waals surface area contributed by atoms with Crippen molar-refractivity contribution in [3.8, 4) is 0 Å². The highest BCUT2D eigenvalue weighted by molar-refractivity contribution is 5.79. The molecule has 0 saturated heterocycles. The molecule has 0 unspecified atom stereocenters. The van der Waals surface area contributed by atoms with Crippen LogP contribution in [0.5, 0.6) is 0 Å². The molecule has 0 aliphatic heterocycles. The first kappa shape index (κ1) is 20.5. The number of benzene rings is 2. The second kappa shape index (κ2) is 11.0. The molecule has 1 aromatic heterocycles. The lowest BCUT2D eigenvalue weighted by Gasteiger charge is -2.11. The van der Waals surface area contributed by atoms with Gasteiger partial charge in [-0.25, -0.2) is 9.98 Å². The van der Waals surface area contributed by atoms with Crippen LogP contribution >= 0.6 is 0 Å². The molecule has 0 bridgehead atoms. The first-order valence-corrected chi connectivity index (χ1v) is 9.79. The molecule has 0 radical (unpaired) electrons. The topological polar surface area (TPSA) is 76.4 Å². The zero-order chi connectivity index (χ0) is 20.3. The van der Waals surface area contributed by atoms with Crippen molar-refractivity contribution in [1.29, 1.82) is 0 Å². The van der Waals surface area contributed by atoms with Gasteiger partial charge in [-0.05, 0) is 23.6 Å². The van der Waals surface area contributed by atoms with Crippen LogP contribution in [0.2, 0.25) is 0 Å². The molecule has 29 heavy (non-hydrogen) atoms. The highest BCUT2D eigenvalue weighted by Crippen LogP contribution is 2.09. The summed E-state index contributed by atoms with van der Waals surface area (Å²) in [6, 6.07) is 18.6. The predicted molar refractivity (Wildman–Crippen MR) is 114 cm³/mol. The van der Waals surface area contributed by atoms with Gasteiger partial charge in [0.25, 0.3) is 0 Å². The zero-order valence-electron chi connectivity index (χ0n) is 17.0. The fourth-order valence-corrected chi connectivity index (χ4v) is 2.76. The Bertz CT molecular complexity index is 889. The largest absolute Gasteiger partial charge is 0.372 e. The van der Waals surface area contributed by atoms with Crippen molar-refractivity contribution in [3.63, 3.8) is 0 Å². The van der Waals surface area contributed by atoms with Crippen molar-refractivity contribution in [3.05, 3.63) is 83.4 Å². The summed E-state index contributed by atoms with van der Waals surface area (Å²) >= 11 is 0. The average Bonchev–Trinajstić information content (AvgIpc) is 3.16. The maximum absolute atomic E-state index is 5.79. The van der Waals surface area contributed by atoms with Crippen LogP contribution in [0, 0.1) is 0 Å². The lowest BCUT2D eigenvalue weighted by molar-refractivity contribution is 0.107. The van der Waals surface area contributed by atoms with E-state index in [1.54, 1.807) is 11.0 Å². The van der Waals surface area contributed by atoms with Gasteiger partial charge in [-0.3, -0.25) is 4.68 Å². The molecule has 7 nitrogen and oxygen atoms in total. The van der Waals surface area contributed by atoms with Crippen molar-refractivity contribution in [2.75, 3.05) is 6.54 Å². The van der Waals surface area contributed by atoms with Crippen molar-refractivity contribution in [2.45, 2.75) is 33.2 Å². The van der Waals surface area contributed by atoms with Crippen molar-refractivity contribution in [2.24, 2.45) is 12.0 Å². The minimum absolute atomic E-state index is 0.569. The molecule has 152 valence electrons. The summed E-state index contributed by atoms with van der Waals surface area (Å²) in [7, 11) is 1.87. The molecule has 0 spiro atoms. The number of aromatic nitrogens is 3. The summed E-state index contributed by atoms with van der Waals surface area (Å²) in [4.78, 5) is 8.86. The minimum Gasteiger partial charge on any atom is -0.372 e. The molecule has 0 fully saturated rings. The van der Waals surface area contributed by atoms with Gasteiger partial charge in [0.15, 0.2) is 5.96 Å². The van der Waals surface area contributed by atoms with Gasteiger partial charge >= 0.3 is 0 Å². The van der Waals surface area contributed by atoms with Crippen molar-refractivity contribution >= 4 is 5.96 Å². The Morgan fingerprint density at radius 2 is 1.66 bits per heavy atom. The van der Waals surface area contributed by atoms with Gasteiger partial charge < -0.3 is 15.4 Å². The highest BCUT2D eigenvalue weighted by atomic mass is 16.5. The van der Waals surface area contributed by atoms with Crippen LogP contribution in [-0.2, 0) is 38.1 Å². The first-order valence-electron chi connectivity index (χ1n) is 9.79. The van der Waals surface area contributed by atoms with E-state index in [1.807, 2.05) is 32.2 Å². The lowest BCUT2D eigenvalue weighted by atomic mass is 10.1. The van der Waals surface area contributed by atoms with Crippen LogP contribution in [0.25, 0.3) is 0 Å². The molecule has 0 aliphatic rings. The lowest BCUT2D eigenvalue weighted by Crippen LogP contribution is -2.37. The molecule has 3 aromatic rings. The fourth-order valence-electron chi connectivity index (χ4n) is 2.76. The predicted octanol–water partition coefficient (Wildman–Crippen LogP) is 2.79. The third-order valence-corrected chi connectivity index (χ3v) is 4.39. The van der Waals surface area contributed by atoms with Crippen LogP contribution in [0.1, 0.15) is 29.4 Å². The van der Waals surface area contributed by atoms with Gasteiger partial charge in [-0.1, -0.05) is 54.6 Å². The molecule has 0 saturated carbocycles. The third-order valence-electron chi connectivity index (χ3n) is 4.39. The minimum atomic E-state index is 0.569. The summed E-state index contributed by atoms with van der Waals surface area (Å²) in [5.74, 6) is 1.61. The van der Waals surface area contributed by atoms with E-state index in [0.29, 0.717) is 26.3 Å². The highest BCUT2D eigenvalue weighted by Gasteiger charge is 2.03. The quantitative estimate of drug-likeness (QED) is 0.433. The monoisotopic (exact) mass is 392 g/mol. The number of nitrogens with zero attached hydrogens (tertiary/aromatic N) is 4. The number of hydrogen-bond acceptors (Lipinski definition) is 4. The van der Waals surface area contributed by atoms with Gasteiger partial charge in [0.05, 0.1) is 26.3 Å². The first-order chi connectivity index (χ1) is 14.2. The van der Waals surface area contributed by atoms with E-state index in [9.17, 15) is 0 Å². The summed E-state index contributed by atoms with van der Waals surface area (Å²) in [5.41, 5.74) is 3.48. The summed E-state index contributed by atoms with van der Waals surface area (Å²) in [5, 5.41) is 10.6. The van der Waals surface area contributed by atoms with Gasteiger partial charge in [0, 0.05) is 13.6 Å². The van der Waals surface area contributed by atoms with Gasteiger partial charge in [-0.2, -0.15) is 5.10 Å². The molecule has 0 atom stereocenters. The van der Waals surface area contributed by atoms with E-state index in [2.05, 4.69) is 62.1 Å². The van der Waals surface area contributed by atoms with E-state index in [4.69, 9.17) is 4.74 Å². The van der Waals surface area contributed by atoms with Crippen molar-refractivity contribution in [1.82, 2.24) is 25.4 Å². The Labute approximate surface area is 171 Å². The Balaban J connectivity index is 1.48. The molecule has 1 heterocycles. The zero-order valence-corrected chi connectivity index (χ0v) is 17.0. The van der Waals surface area contributed by atoms with Crippen LogP contribution in [0.4, 0.5) is 0 Å². The SMILES string of the molecule is CCNC(=NCc1ccc(COCc2ccccc2)cc1)NCc1ncnn1C. The van der Waals surface area contributed by atoms with Crippen LogP contribution < -0.4 is 10.6 Å². The Hall–Kier alpha value is -3.19. The maximum Gasteiger partial charge on any atom is 0.191 e. The maximum atomic E-state index is 5.79. The van der Waals surface area contributed by atoms with Crippen LogP contribution in [0.3, 0.4) is 0 Å². The number of rotatable bonds is 9. The molecule has 3 rings (SSSR count). The van der Waals surface area contributed by atoms with Gasteiger partial charge in [-0.15, -0.1) is 0 Å². The smallest absolute Gasteiger partial charge is 0.191 e. The molecule has 0 aliphatic carbocycles. The van der Waals surface area contributed by atoms with E-state index in [0.717, 1.165) is 29.5 Å². The van der Waals surface area contributed by atoms with Gasteiger partial charge in [0.1, 0.15) is 12.2 Å². The molecule has 7 heteroatoms. The number of aryl methyl sites for hydroxylation is 1.